The maximum Gasteiger partial charge on any atom is 0.331 e. The van der Waals surface area contributed by atoms with E-state index in [1.807, 2.05) is 79.7 Å². The van der Waals surface area contributed by atoms with E-state index in [0.29, 0.717) is 0 Å². The zero-order valence-electron chi connectivity index (χ0n) is 17.1. The maximum atomic E-state index is 12.3. The van der Waals surface area contributed by atoms with Gasteiger partial charge in [0.25, 0.3) is 5.91 Å². The monoisotopic (exact) mass is 410 g/mol. The first-order chi connectivity index (χ1) is 15.1. The van der Waals surface area contributed by atoms with E-state index in [1.54, 1.807) is 12.3 Å². The van der Waals surface area contributed by atoms with Gasteiger partial charge in [-0.2, -0.15) is 0 Å². The second kappa shape index (κ2) is 9.22. The first kappa shape index (κ1) is 20.3. The van der Waals surface area contributed by atoms with Crippen LogP contribution in [0.1, 0.15) is 24.1 Å². The van der Waals surface area contributed by atoms with Crippen LogP contribution in [-0.2, 0) is 14.3 Å². The number of nitrogens with zero attached hydrogens (tertiary/aromatic N) is 1. The Morgan fingerprint density at radius 3 is 2.61 bits per heavy atom. The molecular weight excluding hydrogens is 388 g/mol. The Morgan fingerprint density at radius 1 is 0.968 bits per heavy atom. The van der Waals surface area contributed by atoms with Gasteiger partial charge in [0.1, 0.15) is 0 Å². The largest absolute Gasteiger partial charge is 0.452 e. The summed E-state index contributed by atoms with van der Waals surface area (Å²) < 4.78 is 5.10. The van der Waals surface area contributed by atoms with Gasteiger partial charge in [-0.3, -0.25) is 9.78 Å². The van der Waals surface area contributed by atoms with Crippen LogP contribution in [0.15, 0.2) is 85.1 Å². The molecule has 0 aliphatic rings. The van der Waals surface area contributed by atoms with Crippen molar-refractivity contribution in [1.82, 2.24) is 10.3 Å². The Kier molecular flexibility index (Phi) is 6.03. The van der Waals surface area contributed by atoms with Gasteiger partial charge in [-0.05, 0) is 35.4 Å². The third-order valence-corrected chi connectivity index (χ3v) is 5.08. The molecular formula is C26H22N2O3. The Balaban J connectivity index is 1.35. The fourth-order valence-corrected chi connectivity index (χ4v) is 3.59. The van der Waals surface area contributed by atoms with Gasteiger partial charge in [-0.25, -0.2) is 4.79 Å². The highest BCUT2D eigenvalue weighted by Gasteiger charge is 2.13. The molecule has 0 spiro atoms. The highest BCUT2D eigenvalue weighted by Crippen LogP contribution is 2.24. The van der Waals surface area contributed by atoms with Crippen molar-refractivity contribution in [2.45, 2.75) is 13.0 Å². The van der Waals surface area contributed by atoms with E-state index in [-0.39, 0.29) is 18.6 Å². The summed E-state index contributed by atoms with van der Waals surface area (Å²) >= 11 is 0. The second-order valence-electron chi connectivity index (χ2n) is 7.22. The number of amides is 1. The summed E-state index contributed by atoms with van der Waals surface area (Å²) in [7, 11) is 0. The molecule has 1 N–H and O–H groups in total. The van der Waals surface area contributed by atoms with Crippen molar-refractivity contribution in [3.63, 3.8) is 0 Å². The first-order valence-corrected chi connectivity index (χ1v) is 10.1. The van der Waals surface area contributed by atoms with Crippen LogP contribution in [0.4, 0.5) is 0 Å². The van der Waals surface area contributed by atoms with Gasteiger partial charge in [-0.15, -0.1) is 0 Å². The van der Waals surface area contributed by atoms with Gasteiger partial charge in [0, 0.05) is 23.2 Å². The molecule has 0 saturated heterocycles. The van der Waals surface area contributed by atoms with Crippen LogP contribution >= 0.6 is 0 Å². The molecule has 154 valence electrons. The third kappa shape index (κ3) is 4.78. The van der Waals surface area contributed by atoms with Gasteiger partial charge in [0.2, 0.25) is 0 Å². The Hall–Kier alpha value is -3.99. The summed E-state index contributed by atoms with van der Waals surface area (Å²) in [5, 5.41) is 6.07. The zero-order valence-corrected chi connectivity index (χ0v) is 17.1. The standard InChI is InChI=1S/C26H22N2O3/c1-18(22-13-5-8-19-7-2-3-12-23(19)22)28-24(29)17-31-25(30)15-14-21-10-4-9-20-11-6-16-27-26(20)21/h2-16,18H,17H2,1H3,(H,28,29). The number of fused-ring (bicyclic) bond motifs is 2. The average molecular weight is 410 g/mol. The maximum absolute atomic E-state index is 12.3. The predicted octanol–water partition coefficient (Wildman–Crippen LogP) is 4.82. The second-order valence-corrected chi connectivity index (χ2v) is 7.22. The van der Waals surface area contributed by atoms with Crippen molar-refractivity contribution in [3.05, 3.63) is 96.2 Å². The number of esters is 1. The molecule has 1 aromatic heterocycles. The minimum absolute atomic E-state index is 0.213. The molecule has 1 unspecified atom stereocenters. The zero-order chi connectivity index (χ0) is 21.6. The Bertz CT molecular complexity index is 1270. The lowest BCUT2D eigenvalue weighted by molar-refractivity contribution is -0.144. The van der Waals surface area contributed by atoms with Crippen molar-refractivity contribution < 1.29 is 14.3 Å². The van der Waals surface area contributed by atoms with Crippen LogP contribution in [0.5, 0.6) is 0 Å². The molecule has 5 heteroatoms. The molecule has 0 aliphatic carbocycles. The van der Waals surface area contributed by atoms with E-state index < -0.39 is 5.97 Å². The number of carbonyl (C=O) groups is 2. The van der Waals surface area contributed by atoms with E-state index in [0.717, 1.165) is 32.8 Å². The van der Waals surface area contributed by atoms with Crippen molar-refractivity contribution in [1.29, 1.82) is 0 Å². The smallest absolute Gasteiger partial charge is 0.331 e. The van der Waals surface area contributed by atoms with E-state index in [9.17, 15) is 9.59 Å². The summed E-state index contributed by atoms with van der Waals surface area (Å²) in [5.41, 5.74) is 2.63. The quantitative estimate of drug-likeness (QED) is 0.365. The molecule has 0 saturated carbocycles. The number of rotatable bonds is 6. The lowest BCUT2D eigenvalue weighted by Gasteiger charge is -2.16. The molecule has 0 fully saturated rings. The Morgan fingerprint density at radius 2 is 1.71 bits per heavy atom. The van der Waals surface area contributed by atoms with E-state index in [4.69, 9.17) is 4.74 Å². The molecule has 4 aromatic rings. The number of aromatic nitrogens is 1. The minimum atomic E-state index is -0.583. The summed E-state index contributed by atoms with van der Waals surface area (Å²) in [6.45, 7) is 1.57. The van der Waals surface area contributed by atoms with Gasteiger partial charge >= 0.3 is 5.97 Å². The van der Waals surface area contributed by atoms with Crippen LogP contribution < -0.4 is 5.32 Å². The van der Waals surface area contributed by atoms with E-state index in [2.05, 4.69) is 10.3 Å². The minimum Gasteiger partial charge on any atom is -0.452 e. The van der Waals surface area contributed by atoms with E-state index in [1.165, 1.54) is 6.08 Å². The summed E-state index contributed by atoms with van der Waals surface area (Å²) in [6, 6.07) is 23.3. The van der Waals surface area contributed by atoms with Gasteiger partial charge < -0.3 is 10.1 Å². The highest BCUT2D eigenvalue weighted by molar-refractivity contribution is 5.94. The van der Waals surface area contributed by atoms with Crippen molar-refractivity contribution in [2.75, 3.05) is 6.61 Å². The number of hydrogen-bond donors (Lipinski definition) is 1. The lowest BCUT2D eigenvalue weighted by atomic mass is 10.00. The van der Waals surface area contributed by atoms with Crippen molar-refractivity contribution in [2.24, 2.45) is 0 Å². The molecule has 31 heavy (non-hydrogen) atoms. The molecule has 1 heterocycles. The predicted molar refractivity (Wildman–Crippen MR) is 122 cm³/mol. The number of hydrogen-bond acceptors (Lipinski definition) is 4. The molecule has 0 aliphatic heterocycles. The topological polar surface area (TPSA) is 68.3 Å². The number of benzene rings is 3. The number of pyridine rings is 1. The summed E-state index contributed by atoms with van der Waals surface area (Å²) in [4.78, 5) is 28.7. The van der Waals surface area contributed by atoms with Crippen LogP contribution in [-0.4, -0.2) is 23.5 Å². The van der Waals surface area contributed by atoms with Gasteiger partial charge in [-0.1, -0.05) is 66.7 Å². The Labute approximate surface area is 180 Å². The molecule has 4 rings (SSSR count). The molecule has 0 radical (unpaired) electrons. The van der Waals surface area contributed by atoms with Crippen LogP contribution in [0.25, 0.3) is 27.8 Å². The van der Waals surface area contributed by atoms with Gasteiger partial charge in [0.15, 0.2) is 6.61 Å². The average Bonchev–Trinajstić information content (AvgIpc) is 2.81. The molecule has 0 bridgehead atoms. The van der Waals surface area contributed by atoms with Crippen LogP contribution in [0.2, 0.25) is 0 Å². The molecule has 1 amide bonds. The normalized spacial score (nSPS) is 12.2. The molecule has 1 atom stereocenters. The fourth-order valence-electron chi connectivity index (χ4n) is 3.59. The number of nitrogens with one attached hydrogen (secondary N) is 1. The highest BCUT2D eigenvalue weighted by atomic mass is 16.5. The van der Waals surface area contributed by atoms with Crippen molar-refractivity contribution in [3.8, 4) is 0 Å². The molecule has 5 nitrogen and oxygen atoms in total. The van der Waals surface area contributed by atoms with E-state index >= 15 is 0 Å². The van der Waals surface area contributed by atoms with Crippen LogP contribution in [0.3, 0.4) is 0 Å². The number of ether oxygens (including phenoxy) is 1. The fraction of sp³-hybridized carbons (Fsp3) is 0.115. The number of para-hydroxylation sites is 1. The first-order valence-electron chi connectivity index (χ1n) is 10.1. The third-order valence-electron chi connectivity index (χ3n) is 5.08. The summed E-state index contributed by atoms with van der Waals surface area (Å²) in [5.74, 6) is -0.935. The van der Waals surface area contributed by atoms with Crippen LogP contribution in [0, 0.1) is 0 Å². The number of carbonyl (C=O) groups excluding carboxylic acids is 2. The van der Waals surface area contributed by atoms with Gasteiger partial charge in [0.05, 0.1) is 11.6 Å². The SMILES string of the molecule is CC(NC(=O)COC(=O)C=Cc1cccc2cccnc12)c1cccc2ccccc12. The lowest BCUT2D eigenvalue weighted by Crippen LogP contribution is -2.31. The summed E-state index contributed by atoms with van der Waals surface area (Å²) in [6.07, 6.45) is 4.67. The molecule has 3 aromatic carbocycles. The van der Waals surface area contributed by atoms with Crippen molar-refractivity contribution >= 4 is 39.6 Å².